The van der Waals surface area contributed by atoms with Crippen LogP contribution in [-0.2, 0) is 15.9 Å². The van der Waals surface area contributed by atoms with Crippen molar-refractivity contribution >= 4 is 33.1 Å². The van der Waals surface area contributed by atoms with Crippen molar-refractivity contribution in [2.45, 2.75) is 232 Å². The maximum atomic E-state index is 12.5. The normalized spacial score (nSPS) is 11.4. The summed E-state index contributed by atoms with van der Waals surface area (Å²) >= 11 is -1.80. The summed E-state index contributed by atoms with van der Waals surface area (Å²) in [4.78, 5) is 24.6. The molecule has 0 unspecified atom stereocenters. The van der Waals surface area contributed by atoms with E-state index in [-0.39, 0.29) is 14.7 Å². The first-order valence-corrected chi connectivity index (χ1v) is 23.4. The van der Waals surface area contributed by atoms with E-state index in [2.05, 4.69) is 13.8 Å². The average molecular weight is 813 g/mol. The fourth-order valence-electron chi connectivity index (χ4n) is 7.43. The molecular weight excluding hydrogens is 735 g/mol. The van der Waals surface area contributed by atoms with Gasteiger partial charge in [0.25, 0.3) is 0 Å². The number of carboxylic acids is 2. The summed E-state index contributed by atoms with van der Waals surface area (Å²) in [6.45, 7) is 4.54. The van der Waals surface area contributed by atoms with E-state index in [1.165, 1.54) is 173 Å². The third-order valence-electron chi connectivity index (χ3n) is 10.5. The molecule has 0 bridgehead atoms. The van der Waals surface area contributed by atoms with E-state index in [0.717, 1.165) is 38.5 Å². The molecule has 0 radical (unpaired) electrons. The van der Waals surface area contributed by atoms with Crippen LogP contribution in [0.5, 0.6) is 0 Å². The Morgan fingerprint density at radius 3 is 1.04 bits per heavy atom. The fourth-order valence-corrected chi connectivity index (χ4v) is 8.86. The molecule has 0 aliphatic heterocycles. The molecule has 0 amide bonds. The van der Waals surface area contributed by atoms with Gasteiger partial charge in [0.1, 0.15) is 0 Å². The number of carbonyl (C=O) groups is 2. The Hall–Kier alpha value is -1.31. The minimum atomic E-state index is -1.80. The maximum Gasteiger partial charge on any atom is 0.336 e. The monoisotopic (exact) mass is 812 g/mol. The van der Waals surface area contributed by atoms with Gasteiger partial charge in [-0.3, -0.25) is 3.07 Å². The Labute approximate surface area is 318 Å². The van der Waals surface area contributed by atoms with Crippen molar-refractivity contribution in [3.63, 3.8) is 0 Å². The number of hydrogen-bond donors (Lipinski definition) is 2. The number of unbranched alkanes of at least 4 members (excludes halogenated alkanes) is 30. The highest BCUT2D eigenvalue weighted by atomic mass is 127. The highest BCUT2D eigenvalue weighted by Crippen LogP contribution is 2.31. The highest BCUT2D eigenvalue weighted by Gasteiger charge is 2.25. The predicted molar refractivity (Wildman–Crippen MR) is 220 cm³/mol. The van der Waals surface area contributed by atoms with E-state index in [4.69, 9.17) is 0 Å². The zero-order chi connectivity index (χ0) is 36.5. The van der Waals surface area contributed by atoms with Crippen molar-refractivity contribution in [1.82, 2.24) is 0 Å². The molecule has 0 saturated carbocycles. The Morgan fingerprint density at radius 2 is 0.760 bits per heavy atom. The van der Waals surface area contributed by atoms with Gasteiger partial charge in [0.05, 0.1) is 14.7 Å². The smallest absolute Gasteiger partial charge is 0.336 e. The highest BCUT2D eigenvalue weighted by molar-refractivity contribution is 14.1. The van der Waals surface area contributed by atoms with Crippen molar-refractivity contribution in [2.24, 2.45) is 0 Å². The predicted octanol–water partition coefficient (Wildman–Crippen LogP) is 15.2. The molecule has 5 nitrogen and oxygen atoms in total. The molecule has 50 heavy (non-hydrogen) atoms. The lowest BCUT2D eigenvalue weighted by molar-refractivity contribution is 0.0678. The van der Waals surface area contributed by atoms with Crippen LogP contribution in [0.2, 0.25) is 0 Å². The number of rotatable bonds is 37. The first-order valence-electron chi connectivity index (χ1n) is 21.4. The quantitative estimate of drug-likeness (QED) is 0.0516. The molecule has 0 aliphatic rings. The van der Waals surface area contributed by atoms with Crippen molar-refractivity contribution in [3.8, 4) is 0 Å². The number of halogens is 1. The van der Waals surface area contributed by atoms with Crippen molar-refractivity contribution in [2.75, 3.05) is 0 Å². The van der Waals surface area contributed by atoms with E-state index in [1.54, 1.807) is 0 Å². The molecule has 290 valence electrons. The summed E-state index contributed by atoms with van der Waals surface area (Å²) in [7, 11) is 0. The standard InChI is InChI=1S/C44H77IO5/c1-3-5-7-9-11-13-15-17-19-21-23-25-27-29-31-33-35-38-37-40(43(46)47)42(45-50)39(41(38)44(48)49)36-34-32-30-28-26-24-22-20-18-16-14-12-10-8-6-4-2/h37H,3-36H2,1-2H3,(H,46,47)(H,48,49). The Morgan fingerprint density at radius 1 is 0.460 bits per heavy atom. The van der Waals surface area contributed by atoms with Crippen LogP contribution in [0.1, 0.15) is 251 Å². The van der Waals surface area contributed by atoms with Gasteiger partial charge in [-0.1, -0.05) is 206 Å². The molecule has 1 rings (SSSR count). The van der Waals surface area contributed by atoms with Gasteiger partial charge in [-0.2, -0.15) is 0 Å². The van der Waals surface area contributed by atoms with E-state index < -0.39 is 33.1 Å². The molecule has 0 saturated heterocycles. The average Bonchev–Trinajstić information content (AvgIpc) is 3.10. The molecule has 0 aromatic heterocycles. The van der Waals surface area contributed by atoms with Crippen LogP contribution in [-0.4, -0.2) is 22.2 Å². The van der Waals surface area contributed by atoms with Gasteiger partial charge in [-0.25, -0.2) is 9.59 Å². The lowest BCUT2D eigenvalue weighted by atomic mass is 9.91. The number of carboxylic acid groups (broad SMARTS) is 2. The van der Waals surface area contributed by atoms with Crippen LogP contribution in [0.3, 0.4) is 0 Å². The van der Waals surface area contributed by atoms with E-state index >= 15 is 0 Å². The Bertz CT molecular complexity index is 1010. The van der Waals surface area contributed by atoms with Crippen molar-refractivity contribution in [3.05, 3.63) is 31.9 Å². The molecule has 0 fully saturated rings. The number of hydrogen-bond acceptors (Lipinski definition) is 3. The Balaban J connectivity index is 2.38. The van der Waals surface area contributed by atoms with Gasteiger partial charge < -0.3 is 10.2 Å². The van der Waals surface area contributed by atoms with E-state index in [1.807, 2.05) is 0 Å². The Kier molecular flexibility index (Phi) is 31.3. The minimum absolute atomic E-state index is 0.0517. The topological polar surface area (TPSA) is 91.7 Å². The molecule has 1 aromatic rings. The number of benzene rings is 1. The van der Waals surface area contributed by atoms with Gasteiger partial charge in [-0.15, -0.1) is 0 Å². The zero-order valence-corrected chi connectivity index (χ0v) is 34.8. The second-order valence-electron chi connectivity index (χ2n) is 15.0. The largest absolute Gasteiger partial charge is 0.478 e. The minimum Gasteiger partial charge on any atom is -0.478 e. The third-order valence-corrected chi connectivity index (χ3v) is 12.2. The zero-order valence-electron chi connectivity index (χ0n) is 32.6. The molecule has 2 N–H and O–H groups in total. The SMILES string of the molecule is CCCCCCCCCCCCCCCCCCc1cc(C(=O)O)c(I=O)c(CCCCCCCCCCCCCCCCCC)c1C(=O)O. The van der Waals surface area contributed by atoms with Crippen LogP contribution in [0.25, 0.3) is 0 Å². The van der Waals surface area contributed by atoms with E-state index in [9.17, 15) is 22.9 Å². The summed E-state index contributed by atoms with van der Waals surface area (Å²) < 4.78 is 12.6. The van der Waals surface area contributed by atoms with Crippen LogP contribution in [0, 0.1) is 3.57 Å². The fraction of sp³-hybridized carbons (Fsp3) is 0.818. The number of aromatic carboxylic acids is 2. The summed E-state index contributed by atoms with van der Waals surface area (Å²) in [5.74, 6) is -2.12. The number of aryl methyl sites for hydroxylation is 1. The van der Waals surface area contributed by atoms with Gasteiger partial charge >= 0.3 is 11.9 Å². The lowest BCUT2D eigenvalue weighted by Crippen LogP contribution is -2.14. The van der Waals surface area contributed by atoms with Gasteiger partial charge in [0.2, 0.25) is 0 Å². The molecular formula is C44H77IO5. The molecule has 1 aromatic carbocycles. The van der Waals surface area contributed by atoms with Crippen molar-refractivity contribution < 1.29 is 22.9 Å². The first kappa shape index (κ1) is 46.7. The lowest BCUT2D eigenvalue weighted by Gasteiger charge is -2.16. The van der Waals surface area contributed by atoms with Gasteiger partial charge in [0.15, 0.2) is 21.2 Å². The van der Waals surface area contributed by atoms with Crippen LogP contribution < -0.4 is 0 Å². The molecule has 6 heteroatoms. The second-order valence-corrected chi connectivity index (χ2v) is 16.6. The summed E-state index contributed by atoms with van der Waals surface area (Å²) in [6, 6.07) is 1.51. The van der Waals surface area contributed by atoms with Crippen molar-refractivity contribution in [1.29, 1.82) is 0 Å². The molecule has 0 aliphatic carbocycles. The summed E-state index contributed by atoms with van der Waals surface area (Å²) in [5.41, 5.74) is 1.41. The summed E-state index contributed by atoms with van der Waals surface area (Å²) in [5, 5.41) is 20.2. The van der Waals surface area contributed by atoms with Gasteiger partial charge in [-0.05, 0) is 42.9 Å². The maximum absolute atomic E-state index is 12.5. The summed E-state index contributed by atoms with van der Waals surface area (Å²) in [6.07, 6.45) is 41.8. The van der Waals surface area contributed by atoms with Gasteiger partial charge in [0, 0.05) is 0 Å². The molecule has 0 atom stereocenters. The second kappa shape index (κ2) is 33.5. The van der Waals surface area contributed by atoms with E-state index in [0.29, 0.717) is 24.0 Å². The van der Waals surface area contributed by atoms with Crippen LogP contribution in [0.15, 0.2) is 6.07 Å². The third kappa shape index (κ3) is 23.3. The molecule has 0 spiro atoms. The first-order chi connectivity index (χ1) is 24.5. The molecule has 0 heterocycles. The van der Waals surface area contributed by atoms with Crippen LogP contribution in [0.4, 0.5) is 0 Å². The van der Waals surface area contributed by atoms with Crippen LogP contribution >= 0.6 is 21.2 Å².